The first kappa shape index (κ1) is 11.1. The Morgan fingerprint density at radius 1 is 1.29 bits per heavy atom. The highest BCUT2D eigenvalue weighted by atomic mass is 19.1. The molecule has 0 saturated carbocycles. The van der Waals surface area contributed by atoms with Crippen LogP contribution in [-0.2, 0) is 11.5 Å². The molecule has 0 aliphatic carbocycles. The maximum Gasteiger partial charge on any atom is 0.129 e. The van der Waals surface area contributed by atoms with Crippen LogP contribution in [0.4, 0.5) is 8.78 Å². The van der Waals surface area contributed by atoms with Crippen LogP contribution in [-0.4, -0.2) is 17.8 Å². The van der Waals surface area contributed by atoms with E-state index in [-0.39, 0.29) is 25.0 Å². The second kappa shape index (κ2) is 5.02. The number of halogens is 2. The molecule has 4 heteroatoms. The number of aliphatic hydroxyl groups excluding tert-OH is 1. The Morgan fingerprint density at radius 2 is 1.86 bits per heavy atom. The summed E-state index contributed by atoms with van der Waals surface area (Å²) >= 11 is 0. The van der Waals surface area contributed by atoms with Crippen molar-refractivity contribution in [2.75, 3.05) is 6.61 Å². The molecule has 1 unspecified atom stereocenters. The quantitative estimate of drug-likeness (QED) is 0.791. The van der Waals surface area contributed by atoms with Crippen molar-refractivity contribution in [3.8, 4) is 0 Å². The van der Waals surface area contributed by atoms with E-state index in [2.05, 4.69) is 0 Å². The molecule has 0 heterocycles. The fourth-order valence-corrected chi connectivity index (χ4v) is 1.20. The minimum atomic E-state index is -1.16. The summed E-state index contributed by atoms with van der Waals surface area (Å²) in [5.41, 5.74) is -0.194. The standard InChI is InChI=1S/C10H11F2O2/c11-9-2-1-3-10(12)8(9)6-7(14)4-5-13/h1-3,7,13H,4-6H2. The van der Waals surface area contributed by atoms with Crippen LogP contribution in [0.2, 0.25) is 0 Å². The second-order valence-electron chi connectivity index (χ2n) is 3.04. The fraction of sp³-hybridized carbons (Fsp3) is 0.400. The molecule has 0 amide bonds. The molecular weight excluding hydrogens is 190 g/mol. The van der Waals surface area contributed by atoms with Gasteiger partial charge in [-0.1, -0.05) is 6.07 Å². The van der Waals surface area contributed by atoms with Crippen LogP contribution in [0.1, 0.15) is 12.0 Å². The predicted molar refractivity (Wildman–Crippen MR) is 46.2 cm³/mol. The van der Waals surface area contributed by atoms with E-state index in [4.69, 9.17) is 5.11 Å². The van der Waals surface area contributed by atoms with Crippen LogP contribution in [0, 0.1) is 11.6 Å². The maximum absolute atomic E-state index is 13.0. The summed E-state index contributed by atoms with van der Waals surface area (Å²) in [6, 6.07) is 3.48. The van der Waals surface area contributed by atoms with Crippen LogP contribution in [0.25, 0.3) is 0 Å². The summed E-state index contributed by atoms with van der Waals surface area (Å²) < 4.78 is 26.0. The van der Waals surface area contributed by atoms with Gasteiger partial charge in [0.25, 0.3) is 0 Å². The molecule has 1 N–H and O–H groups in total. The first-order chi connectivity index (χ1) is 6.65. The maximum atomic E-state index is 13.0. The van der Waals surface area contributed by atoms with Gasteiger partial charge in [0.05, 0.1) is 6.10 Å². The van der Waals surface area contributed by atoms with Gasteiger partial charge in [0.15, 0.2) is 0 Å². The summed E-state index contributed by atoms with van der Waals surface area (Å²) in [5.74, 6) is -1.41. The van der Waals surface area contributed by atoms with E-state index in [1.807, 2.05) is 0 Å². The van der Waals surface area contributed by atoms with Crippen molar-refractivity contribution in [3.05, 3.63) is 35.4 Å². The Bertz CT molecular complexity index is 282. The highest BCUT2D eigenvalue weighted by Gasteiger charge is 2.14. The molecule has 1 rings (SSSR count). The lowest BCUT2D eigenvalue weighted by Crippen LogP contribution is -2.13. The molecule has 0 aromatic heterocycles. The number of benzene rings is 1. The van der Waals surface area contributed by atoms with Crippen molar-refractivity contribution in [1.82, 2.24) is 0 Å². The molecule has 0 bridgehead atoms. The minimum absolute atomic E-state index is 0.00771. The molecule has 1 atom stereocenters. The molecule has 1 aromatic rings. The zero-order valence-electron chi connectivity index (χ0n) is 7.54. The molecule has 0 aliphatic heterocycles. The third kappa shape index (κ3) is 2.75. The normalized spacial score (nSPS) is 12.9. The number of hydrogen-bond donors (Lipinski definition) is 1. The van der Waals surface area contributed by atoms with E-state index in [0.29, 0.717) is 0 Å². The van der Waals surface area contributed by atoms with Crippen molar-refractivity contribution in [3.63, 3.8) is 0 Å². The zero-order valence-corrected chi connectivity index (χ0v) is 7.54. The Morgan fingerprint density at radius 3 is 2.36 bits per heavy atom. The van der Waals surface area contributed by atoms with Crippen LogP contribution >= 0.6 is 0 Å². The van der Waals surface area contributed by atoms with Crippen LogP contribution in [0.5, 0.6) is 0 Å². The molecule has 2 nitrogen and oxygen atoms in total. The number of aliphatic hydroxyl groups is 1. The van der Waals surface area contributed by atoms with Gasteiger partial charge < -0.3 is 5.11 Å². The molecule has 14 heavy (non-hydrogen) atoms. The number of hydrogen-bond acceptors (Lipinski definition) is 1. The summed E-state index contributed by atoms with van der Waals surface area (Å²) in [7, 11) is 0. The van der Waals surface area contributed by atoms with Crippen molar-refractivity contribution >= 4 is 0 Å². The Kier molecular flexibility index (Phi) is 3.98. The van der Waals surface area contributed by atoms with Crippen molar-refractivity contribution in [2.45, 2.75) is 18.9 Å². The Balaban J connectivity index is 2.75. The molecule has 1 aromatic carbocycles. The van der Waals surface area contributed by atoms with Crippen LogP contribution in [0.15, 0.2) is 18.2 Å². The van der Waals surface area contributed by atoms with Crippen molar-refractivity contribution in [1.29, 1.82) is 0 Å². The summed E-state index contributed by atoms with van der Waals surface area (Å²) in [6.07, 6.45) is -1.38. The summed E-state index contributed by atoms with van der Waals surface area (Å²) in [5, 5.41) is 19.6. The molecule has 0 spiro atoms. The van der Waals surface area contributed by atoms with E-state index < -0.39 is 17.7 Å². The van der Waals surface area contributed by atoms with Crippen LogP contribution in [0.3, 0.4) is 0 Å². The lowest BCUT2D eigenvalue weighted by molar-refractivity contribution is 0.0631. The SMILES string of the molecule is [O]C(CCO)Cc1c(F)cccc1F. The van der Waals surface area contributed by atoms with Crippen LogP contribution < -0.4 is 0 Å². The van der Waals surface area contributed by atoms with Gasteiger partial charge in [-0.2, -0.15) is 0 Å². The molecule has 0 aliphatic rings. The van der Waals surface area contributed by atoms with Gasteiger partial charge in [0, 0.05) is 25.0 Å². The fourth-order valence-electron chi connectivity index (χ4n) is 1.20. The summed E-state index contributed by atoms with van der Waals surface area (Å²) in [6.45, 7) is -0.260. The first-order valence-corrected chi connectivity index (χ1v) is 4.34. The van der Waals surface area contributed by atoms with Gasteiger partial charge in [0.1, 0.15) is 11.6 Å². The first-order valence-electron chi connectivity index (χ1n) is 4.34. The van der Waals surface area contributed by atoms with E-state index >= 15 is 0 Å². The third-order valence-electron chi connectivity index (χ3n) is 1.94. The van der Waals surface area contributed by atoms with Gasteiger partial charge in [-0.15, -0.1) is 0 Å². The summed E-state index contributed by atoms with van der Waals surface area (Å²) in [4.78, 5) is 0. The lowest BCUT2D eigenvalue weighted by atomic mass is 10.0. The van der Waals surface area contributed by atoms with Gasteiger partial charge in [-0.05, 0) is 12.1 Å². The van der Waals surface area contributed by atoms with E-state index in [9.17, 15) is 13.9 Å². The Hall–Kier alpha value is -1.00. The molecule has 0 saturated heterocycles. The minimum Gasteiger partial charge on any atom is -0.396 e. The largest absolute Gasteiger partial charge is 0.396 e. The molecule has 77 valence electrons. The molecule has 0 fully saturated rings. The van der Waals surface area contributed by atoms with Gasteiger partial charge >= 0.3 is 0 Å². The topological polar surface area (TPSA) is 40.1 Å². The second-order valence-corrected chi connectivity index (χ2v) is 3.04. The average Bonchev–Trinajstić information content (AvgIpc) is 2.12. The monoisotopic (exact) mass is 201 g/mol. The lowest BCUT2D eigenvalue weighted by Gasteiger charge is -2.08. The van der Waals surface area contributed by atoms with Crippen molar-refractivity contribution in [2.24, 2.45) is 0 Å². The van der Waals surface area contributed by atoms with Gasteiger partial charge in [-0.3, -0.25) is 0 Å². The average molecular weight is 201 g/mol. The highest BCUT2D eigenvalue weighted by molar-refractivity contribution is 5.20. The number of rotatable bonds is 4. The van der Waals surface area contributed by atoms with Gasteiger partial charge in [-0.25, -0.2) is 13.9 Å². The highest BCUT2D eigenvalue weighted by Crippen LogP contribution is 2.15. The third-order valence-corrected chi connectivity index (χ3v) is 1.94. The van der Waals surface area contributed by atoms with E-state index in [0.717, 1.165) is 12.1 Å². The smallest absolute Gasteiger partial charge is 0.129 e. The zero-order chi connectivity index (χ0) is 10.6. The Labute approximate surface area is 80.8 Å². The molecular formula is C10H11F2O2. The van der Waals surface area contributed by atoms with Gasteiger partial charge in [0.2, 0.25) is 0 Å². The van der Waals surface area contributed by atoms with Crippen molar-refractivity contribution < 1.29 is 19.0 Å². The van der Waals surface area contributed by atoms with E-state index in [1.165, 1.54) is 6.07 Å². The molecule has 1 radical (unpaired) electrons. The van der Waals surface area contributed by atoms with E-state index in [1.54, 1.807) is 0 Å². The predicted octanol–water partition coefficient (Wildman–Crippen LogP) is 1.69.